The first-order valence-corrected chi connectivity index (χ1v) is 6.98. The van der Waals surface area contributed by atoms with Gasteiger partial charge >= 0.3 is 0 Å². The number of aliphatic hydroxyl groups excluding tert-OH is 1. The van der Waals surface area contributed by atoms with Crippen LogP contribution in [0, 0.1) is 0 Å². The van der Waals surface area contributed by atoms with E-state index in [1.54, 1.807) is 6.20 Å². The molecule has 2 heterocycles. The van der Waals surface area contributed by atoms with Gasteiger partial charge in [0.2, 0.25) is 0 Å². The molecule has 0 bridgehead atoms. The lowest BCUT2D eigenvalue weighted by Gasteiger charge is -2.25. The van der Waals surface area contributed by atoms with Crippen molar-refractivity contribution in [2.75, 3.05) is 6.61 Å². The van der Waals surface area contributed by atoms with Crippen molar-refractivity contribution < 1.29 is 9.84 Å². The number of benzene rings is 1. The van der Waals surface area contributed by atoms with Gasteiger partial charge in [0.1, 0.15) is 0 Å². The Kier molecular flexibility index (Phi) is 3.76. The van der Waals surface area contributed by atoms with Gasteiger partial charge in [0.05, 0.1) is 17.7 Å². The molecule has 0 radical (unpaired) electrons. The first-order valence-electron chi connectivity index (χ1n) is 6.98. The molecule has 3 heteroatoms. The number of ether oxygens (including phenoxy) is 1. The van der Waals surface area contributed by atoms with E-state index in [-0.39, 0.29) is 6.10 Å². The molecule has 1 aromatic carbocycles. The number of para-hydroxylation sites is 1. The molecule has 1 aromatic heterocycles. The molecule has 0 amide bonds. The minimum Gasteiger partial charge on any atom is -0.388 e. The van der Waals surface area contributed by atoms with Crippen LogP contribution in [0.4, 0.5) is 0 Å². The van der Waals surface area contributed by atoms with Crippen LogP contribution in [0.15, 0.2) is 36.5 Å². The van der Waals surface area contributed by atoms with Gasteiger partial charge < -0.3 is 9.84 Å². The molecule has 1 N–H and O–H groups in total. The van der Waals surface area contributed by atoms with Crippen molar-refractivity contribution in [1.82, 2.24) is 4.98 Å². The maximum absolute atomic E-state index is 10.5. The van der Waals surface area contributed by atoms with Crippen molar-refractivity contribution in [2.24, 2.45) is 0 Å². The fourth-order valence-electron chi connectivity index (χ4n) is 2.77. The third-order valence-electron chi connectivity index (χ3n) is 3.78. The van der Waals surface area contributed by atoms with Crippen molar-refractivity contribution in [3.8, 4) is 0 Å². The zero-order chi connectivity index (χ0) is 13.1. The Balaban J connectivity index is 1.82. The number of aliphatic hydroxyl groups is 1. The van der Waals surface area contributed by atoms with Gasteiger partial charge in [-0.1, -0.05) is 24.3 Å². The van der Waals surface area contributed by atoms with Gasteiger partial charge in [0.15, 0.2) is 0 Å². The summed E-state index contributed by atoms with van der Waals surface area (Å²) in [7, 11) is 0. The fourth-order valence-corrected chi connectivity index (χ4v) is 2.77. The van der Waals surface area contributed by atoms with Crippen LogP contribution in [0.2, 0.25) is 0 Å². The molecule has 2 atom stereocenters. The highest BCUT2D eigenvalue weighted by atomic mass is 16.5. The summed E-state index contributed by atoms with van der Waals surface area (Å²) in [5, 5.41) is 11.5. The molecule has 19 heavy (non-hydrogen) atoms. The number of rotatable bonds is 3. The Hall–Kier alpha value is -1.45. The number of fused-ring (bicyclic) bond motifs is 1. The van der Waals surface area contributed by atoms with Gasteiger partial charge in [-0.05, 0) is 25.3 Å². The van der Waals surface area contributed by atoms with Gasteiger partial charge in [0, 0.05) is 30.2 Å². The maximum Gasteiger partial charge on any atom is 0.0835 e. The van der Waals surface area contributed by atoms with E-state index in [1.807, 2.05) is 30.3 Å². The molecule has 2 aromatic rings. The molecule has 1 saturated heterocycles. The van der Waals surface area contributed by atoms with Crippen molar-refractivity contribution in [3.05, 3.63) is 42.1 Å². The van der Waals surface area contributed by atoms with E-state index in [0.717, 1.165) is 35.9 Å². The second-order valence-corrected chi connectivity index (χ2v) is 5.16. The van der Waals surface area contributed by atoms with Crippen LogP contribution in [-0.4, -0.2) is 22.8 Å². The molecule has 1 fully saturated rings. The van der Waals surface area contributed by atoms with Crippen molar-refractivity contribution >= 4 is 10.9 Å². The number of pyridine rings is 1. The van der Waals surface area contributed by atoms with E-state index in [1.165, 1.54) is 6.42 Å². The largest absolute Gasteiger partial charge is 0.388 e. The summed E-state index contributed by atoms with van der Waals surface area (Å²) in [6.07, 6.45) is 5.51. The second-order valence-electron chi connectivity index (χ2n) is 5.16. The summed E-state index contributed by atoms with van der Waals surface area (Å²) in [5.74, 6) is 0. The topological polar surface area (TPSA) is 42.4 Å². The highest BCUT2D eigenvalue weighted by molar-refractivity contribution is 5.81. The Bertz CT molecular complexity index is 544. The lowest BCUT2D eigenvalue weighted by Crippen LogP contribution is -2.21. The van der Waals surface area contributed by atoms with Crippen LogP contribution in [0.5, 0.6) is 0 Å². The predicted molar refractivity (Wildman–Crippen MR) is 74.9 cm³/mol. The molecule has 3 nitrogen and oxygen atoms in total. The first-order chi connectivity index (χ1) is 9.34. The molecule has 0 saturated carbocycles. The van der Waals surface area contributed by atoms with Gasteiger partial charge in [-0.3, -0.25) is 4.98 Å². The van der Waals surface area contributed by atoms with E-state index in [2.05, 4.69) is 4.98 Å². The monoisotopic (exact) mass is 257 g/mol. The Labute approximate surface area is 113 Å². The maximum atomic E-state index is 10.5. The number of aromatic nitrogens is 1. The Morgan fingerprint density at radius 1 is 1.26 bits per heavy atom. The number of hydrogen-bond donors (Lipinski definition) is 1. The van der Waals surface area contributed by atoms with Crippen LogP contribution >= 0.6 is 0 Å². The van der Waals surface area contributed by atoms with Crippen LogP contribution in [-0.2, 0) is 4.74 Å². The Morgan fingerprint density at radius 2 is 2.16 bits per heavy atom. The quantitative estimate of drug-likeness (QED) is 0.918. The lowest BCUT2D eigenvalue weighted by molar-refractivity contribution is -0.0153. The van der Waals surface area contributed by atoms with Crippen molar-refractivity contribution in [2.45, 2.75) is 37.9 Å². The van der Waals surface area contributed by atoms with E-state index in [4.69, 9.17) is 4.74 Å². The second kappa shape index (κ2) is 5.68. The number of hydrogen-bond acceptors (Lipinski definition) is 3. The molecule has 3 rings (SSSR count). The van der Waals surface area contributed by atoms with Gasteiger partial charge in [0.25, 0.3) is 0 Å². The van der Waals surface area contributed by atoms with Crippen molar-refractivity contribution in [1.29, 1.82) is 0 Å². The zero-order valence-electron chi connectivity index (χ0n) is 11.0. The van der Waals surface area contributed by atoms with Crippen LogP contribution in [0.25, 0.3) is 10.9 Å². The molecule has 2 unspecified atom stereocenters. The van der Waals surface area contributed by atoms with E-state index in [0.29, 0.717) is 6.42 Å². The SMILES string of the molecule is OC(CC1CCCCO1)c1cccc2cccnc12. The minimum atomic E-state index is -0.498. The number of nitrogens with zero attached hydrogens (tertiary/aromatic N) is 1. The third-order valence-corrected chi connectivity index (χ3v) is 3.78. The van der Waals surface area contributed by atoms with Gasteiger partial charge in [-0.15, -0.1) is 0 Å². The smallest absolute Gasteiger partial charge is 0.0835 e. The first kappa shape index (κ1) is 12.6. The molecular formula is C16H19NO2. The summed E-state index contributed by atoms with van der Waals surface area (Å²) < 4.78 is 5.70. The summed E-state index contributed by atoms with van der Waals surface area (Å²) in [4.78, 5) is 4.39. The Morgan fingerprint density at radius 3 is 3.00 bits per heavy atom. The van der Waals surface area contributed by atoms with E-state index >= 15 is 0 Å². The molecule has 1 aliphatic rings. The van der Waals surface area contributed by atoms with Crippen LogP contribution < -0.4 is 0 Å². The summed E-state index contributed by atoms with van der Waals surface area (Å²) in [6, 6.07) is 9.90. The van der Waals surface area contributed by atoms with Gasteiger partial charge in [-0.2, -0.15) is 0 Å². The highest BCUT2D eigenvalue weighted by Gasteiger charge is 2.20. The molecule has 0 aliphatic carbocycles. The highest BCUT2D eigenvalue weighted by Crippen LogP contribution is 2.28. The minimum absolute atomic E-state index is 0.183. The third kappa shape index (κ3) is 2.77. The lowest BCUT2D eigenvalue weighted by atomic mass is 9.97. The van der Waals surface area contributed by atoms with Crippen LogP contribution in [0.3, 0.4) is 0 Å². The van der Waals surface area contributed by atoms with E-state index < -0.39 is 6.10 Å². The summed E-state index contributed by atoms with van der Waals surface area (Å²) in [5.41, 5.74) is 1.81. The summed E-state index contributed by atoms with van der Waals surface area (Å²) in [6.45, 7) is 0.825. The fraction of sp³-hybridized carbons (Fsp3) is 0.438. The normalized spacial score (nSPS) is 21.4. The van der Waals surface area contributed by atoms with Crippen LogP contribution in [0.1, 0.15) is 37.4 Å². The van der Waals surface area contributed by atoms with Crippen molar-refractivity contribution in [3.63, 3.8) is 0 Å². The molecule has 1 aliphatic heterocycles. The molecule has 0 spiro atoms. The standard InChI is InChI=1S/C16H19NO2/c18-15(11-13-7-1-2-10-19-13)14-8-3-5-12-6-4-9-17-16(12)14/h3-6,8-9,13,15,18H,1-2,7,10-11H2. The molecular weight excluding hydrogens is 238 g/mol. The average Bonchev–Trinajstić information content (AvgIpc) is 2.47. The van der Waals surface area contributed by atoms with Gasteiger partial charge in [-0.25, -0.2) is 0 Å². The summed E-state index contributed by atoms with van der Waals surface area (Å²) >= 11 is 0. The average molecular weight is 257 g/mol. The van der Waals surface area contributed by atoms with E-state index in [9.17, 15) is 5.11 Å². The zero-order valence-corrected chi connectivity index (χ0v) is 11.0. The molecule has 100 valence electrons. The predicted octanol–water partition coefficient (Wildman–Crippen LogP) is 3.23.